The van der Waals surface area contributed by atoms with Crippen molar-refractivity contribution in [2.24, 2.45) is 0 Å². The van der Waals surface area contributed by atoms with Crippen molar-refractivity contribution in [3.8, 4) is 0 Å². The Morgan fingerprint density at radius 2 is 1.90 bits per heavy atom. The van der Waals surface area contributed by atoms with Crippen LogP contribution in [0.3, 0.4) is 0 Å². The first-order valence-electron chi connectivity index (χ1n) is 7.27. The first-order valence-corrected chi connectivity index (χ1v) is 8.06. The molecule has 0 fully saturated rings. The average Bonchev–Trinajstić information content (AvgIpc) is 2.38. The molecule has 0 saturated heterocycles. The second-order valence-corrected chi connectivity index (χ2v) is 6.42. The molecule has 1 aromatic carbocycles. The number of aliphatic hydroxyl groups is 1. The molecule has 0 saturated carbocycles. The topological polar surface area (TPSA) is 26.7 Å². The maximum absolute atomic E-state index is 10.3. The Balaban J connectivity index is 2.54. The Morgan fingerprint density at radius 3 is 2.45 bits per heavy atom. The van der Waals surface area contributed by atoms with Crippen molar-refractivity contribution in [1.29, 1.82) is 0 Å². The van der Waals surface area contributed by atoms with Gasteiger partial charge in [0.1, 0.15) is 0 Å². The monoisotopic (exact) mass is 342 g/mol. The smallest absolute Gasteiger partial charge is 0.0813 e. The number of hydrogen-bond acceptors (Lipinski definition) is 3. The van der Waals surface area contributed by atoms with Crippen LogP contribution in [0.4, 0.5) is 0 Å². The largest absolute Gasteiger partial charge is 0.388 e. The van der Waals surface area contributed by atoms with E-state index >= 15 is 0 Å². The van der Waals surface area contributed by atoms with Gasteiger partial charge in [0.05, 0.1) is 6.10 Å². The molecular formula is C16H27BrN2O. The highest BCUT2D eigenvalue weighted by Crippen LogP contribution is 2.25. The van der Waals surface area contributed by atoms with Crippen molar-refractivity contribution < 1.29 is 5.11 Å². The molecule has 114 valence electrons. The highest BCUT2D eigenvalue weighted by atomic mass is 79.9. The maximum Gasteiger partial charge on any atom is 0.0813 e. The molecule has 0 aliphatic carbocycles. The van der Waals surface area contributed by atoms with Gasteiger partial charge in [0, 0.05) is 23.6 Å². The number of nitrogens with zero attached hydrogens (tertiary/aromatic N) is 2. The highest BCUT2D eigenvalue weighted by Gasteiger charge is 2.16. The minimum Gasteiger partial charge on any atom is -0.388 e. The second kappa shape index (κ2) is 8.78. The summed E-state index contributed by atoms with van der Waals surface area (Å²) in [5.74, 6) is 0. The quantitative estimate of drug-likeness (QED) is 0.786. The molecular weight excluding hydrogens is 316 g/mol. The van der Waals surface area contributed by atoms with E-state index in [2.05, 4.69) is 53.7 Å². The van der Waals surface area contributed by atoms with E-state index in [4.69, 9.17) is 0 Å². The molecule has 1 rings (SSSR count). The van der Waals surface area contributed by atoms with Crippen LogP contribution in [-0.4, -0.2) is 54.7 Å². The minimum atomic E-state index is -0.411. The zero-order chi connectivity index (χ0) is 15.1. The van der Waals surface area contributed by atoms with Crippen LogP contribution in [-0.2, 0) is 0 Å². The highest BCUT2D eigenvalue weighted by molar-refractivity contribution is 9.10. The first kappa shape index (κ1) is 17.6. The van der Waals surface area contributed by atoms with Crippen molar-refractivity contribution in [2.75, 3.05) is 33.7 Å². The summed E-state index contributed by atoms with van der Waals surface area (Å²) in [5.41, 5.74) is 0.976. The summed E-state index contributed by atoms with van der Waals surface area (Å²) in [6.45, 7) is 7.38. The predicted octanol–water partition coefficient (Wildman–Crippen LogP) is 3.14. The van der Waals surface area contributed by atoms with Crippen LogP contribution in [0.25, 0.3) is 0 Å². The number of benzene rings is 1. The molecule has 0 radical (unpaired) electrons. The Kier molecular flexibility index (Phi) is 7.74. The van der Waals surface area contributed by atoms with Gasteiger partial charge in [0.25, 0.3) is 0 Å². The summed E-state index contributed by atoms with van der Waals surface area (Å²) in [6.07, 6.45) is 0.347. The fourth-order valence-corrected chi connectivity index (χ4v) is 3.07. The lowest BCUT2D eigenvalue weighted by Crippen LogP contribution is -2.40. The Labute approximate surface area is 131 Å². The minimum absolute atomic E-state index is 0.411. The summed E-state index contributed by atoms with van der Waals surface area (Å²) in [6, 6.07) is 8.40. The molecule has 0 aliphatic heterocycles. The van der Waals surface area contributed by atoms with Crippen molar-refractivity contribution in [1.82, 2.24) is 9.80 Å². The number of likely N-dealkylation sites (N-methyl/N-ethyl adjacent to an activating group) is 2. The van der Waals surface area contributed by atoms with Crippen LogP contribution in [0.15, 0.2) is 28.7 Å². The molecule has 0 aliphatic rings. The van der Waals surface area contributed by atoms with Crippen LogP contribution in [0, 0.1) is 0 Å². The van der Waals surface area contributed by atoms with Crippen LogP contribution in [0.5, 0.6) is 0 Å². The molecule has 0 spiro atoms. The predicted molar refractivity (Wildman–Crippen MR) is 89.0 cm³/mol. The fraction of sp³-hybridized carbons (Fsp3) is 0.625. The van der Waals surface area contributed by atoms with Gasteiger partial charge < -0.3 is 10.0 Å². The molecule has 0 heterocycles. The zero-order valence-corrected chi connectivity index (χ0v) is 14.6. The fourth-order valence-electron chi connectivity index (χ4n) is 2.52. The summed E-state index contributed by atoms with van der Waals surface area (Å²) in [5, 5.41) is 10.3. The van der Waals surface area contributed by atoms with Gasteiger partial charge in [-0.3, -0.25) is 4.90 Å². The van der Waals surface area contributed by atoms with Gasteiger partial charge in [-0.25, -0.2) is 0 Å². The third-order valence-corrected chi connectivity index (χ3v) is 4.34. The lowest BCUT2D eigenvalue weighted by atomic mass is 10.1. The Morgan fingerprint density at radius 1 is 1.25 bits per heavy atom. The number of aliphatic hydroxyl groups excluding tert-OH is 1. The van der Waals surface area contributed by atoms with E-state index < -0.39 is 6.10 Å². The van der Waals surface area contributed by atoms with Crippen LogP contribution >= 0.6 is 15.9 Å². The molecule has 4 heteroatoms. The summed E-state index contributed by atoms with van der Waals surface area (Å²) >= 11 is 3.50. The molecule has 1 N–H and O–H groups in total. The standard InChI is InChI=1S/C16H27BrN2O/c1-5-19(13(2)12-18(3)4)11-10-16(20)14-8-6-7-9-15(14)17/h6-9,13,16,20H,5,10-12H2,1-4H3. The third-order valence-electron chi connectivity index (χ3n) is 3.61. The average molecular weight is 343 g/mol. The Hall–Kier alpha value is -0.420. The first-order chi connectivity index (χ1) is 9.45. The third kappa shape index (κ3) is 5.52. The van der Waals surface area contributed by atoms with Gasteiger partial charge in [-0.1, -0.05) is 41.1 Å². The number of rotatable bonds is 8. The summed E-state index contributed by atoms with van der Waals surface area (Å²) < 4.78 is 0.983. The molecule has 0 amide bonds. The maximum atomic E-state index is 10.3. The zero-order valence-electron chi connectivity index (χ0n) is 13.0. The van der Waals surface area contributed by atoms with Crippen LogP contribution in [0.1, 0.15) is 31.9 Å². The van der Waals surface area contributed by atoms with Gasteiger partial charge in [-0.05, 0) is 45.6 Å². The van der Waals surface area contributed by atoms with E-state index in [9.17, 15) is 5.11 Å². The van der Waals surface area contributed by atoms with E-state index in [1.807, 2.05) is 24.3 Å². The van der Waals surface area contributed by atoms with Gasteiger partial charge in [-0.2, -0.15) is 0 Å². The van der Waals surface area contributed by atoms with Crippen molar-refractivity contribution in [3.05, 3.63) is 34.3 Å². The molecule has 20 heavy (non-hydrogen) atoms. The summed E-state index contributed by atoms with van der Waals surface area (Å²) in [7, 11) is 4.19. The van der Waals surface area contributed by atoms with Gasteiger partial charge in [0.15, 0.2) is 0 Å². The van der Waals surface area contributed by atoms with Gasteiger partial charge in [0.2, 0.25) is 0 Å². The lowest BCUT2D eigenvalue weighted by molar-refractivity contribution is 0.120. The van der Waals surface area contributed by atoms with Crippen molar-refractivity contribution in [2.45, 2.75) is 32.4 Å². The number of hydrogen-bond donors (Lipinski definition) is 1. The van der Waals surface area contributed by atoms with E-state index in [1.165, 1.54) is 0 Å². The van der Waals surface area contributed by atoms with Crippen LogP contribution in [0.2, 0.25) is 0 Å². The van der Waals surface area contributed by atoms with E-state index in [-0.39, 0.29) is 0 Å². The lowest BCUT2D eigenvalue weighted by Gasteiger charge is -2.30. The van der Waals surface area contributed by atoms with Gasteiger partial charge in [-0.15, -0.1) is 0 Å². The summed E-state index contributed by atoms with van der Waals surface area (Å²) in [4.78, 5) is 4.62. The van der Waals surface area contributed by atoms with Crippen molar-refractivity contribution in [3.63, 3.8) is 0 Å². The SMILES string of the molecule is CCN(CCC(O)c1ccccc1Br)C(C)CN(C)C. The second-order valence-electron chi connectivity index (χ2n) is 5.57. The van der Waals surface area contributed by atoms with Gasteiger partial charge >= 0.3 is 0 Å². The van der Waals surface area contributed by atoms with E-state index in [0.717, 1.165) is 36.1 Å². The van der Waals surface area contributed by atoms with Crippen molar-refractivity contribution >= 4 is 15.9 Å². The molecule has 3 nitrogen and oxygen atoms in total. The molecule has 2 unspecified atom stereocenters. The van der Waals surface area contributed by atoms with E-state index in [1.54, 1.807) is 0 Å². The molecule has 0 bridgehead atoms. The number of halogens is 1. The van der Waals surface area contributed by atoms with E-state index in [0.29, 0.717) is 6.04 Å². The Bertz CT molecular complexity index is 398. The molecule has 2 atom stereocenters. The molecule has 0 aromatic heterocycles. The molecule has 1 aromatic rings. The normalized spacial score (nSPS) is 14.8. The van der Waals surface area contributed by atoms with Crippen LogP contribution < -0.4 is 0 Å².